The number of piperidine rings is 1. The van der Waals surface area contributed by atoms with Gasteiger partial charge in [0.1, 0.15) is 6.33 Å². The molecule has 0 unspecified atom stereocenters. The van der Waals surface area contributed by atoms with Crippen LogP contribution >= 0.6 is 0 Å². The fourth-order valence-electron chi connectivity index (χ4n) is 2.84. The molecule has 11 heteroatoms. The average Bonchev–Trinajstić information content (AvgIpc) is 3.03. The first-order valence-electron chi connectivity index (χ1n) is 7.86. The summed E-state index contributed by atoms with van der Waals surface area (Å²) in [6.45, 7) is -2.32. The van der Waals surface area contributed by atoms with Crippen LogP contribution in [0, 0.1) is 5.82 Å². The van der Waals surface area contributed by atoms with Gasteiger partial charge in [-0.15, -0.1) is 0 Å². The van der Waals surface area contributed by atoms with E-state index in [1.165, 1.54) is 21.9 Å². The first-order valence-corrected chi connectivity index (χ1v) is 7.86. The Balaban J connectivity index is 1.57. The number of nitrogens with zero attached hydrogens (tertiary/aromatic N) is 3. The fourth-order valence-corrected chi connectivity index (χ4v) is 2.84. The van der Waals surface area contributed by atoms with Gasteiger partial charge in [0, 0.05) is 30.9 Å². The summed E-state index contributed by atoms with van der Waals surface area (Å²) in [4.78, 5) is 25.3. The number of hydrogen-bond donors (Lipinski definition) is 2. The molecule has 8 nitrogen and oxygen atoms in total. The highest BCUT2D eigenvalue weighted by Crippen LogP contribution is 2.24. The molecule has 2 amide bonds. The van der Waals surface area contributed by atoms with Crippen LogP contribution in [-0.2, 0) is 0 Å². The summed E-state index contributed by atoms with van der Waals surface area (Å²) in [5.41, 5.74) is -0.170. The highest BCUT2D eigenvalue weighted by molar-refractivity contribution is 5.89. The maximum atomic E-state index is 13.7. The van der Waals surface area contributed by atoms with Crippen LogP contribution in [0.25, 0.3) is 0 Å². The van der Waals surface area contributed by atoms with Crippen molar-refractivity contribution in [3.05, 3.63) is 40.8 Å². The largest absolute Gasteiger partial charge is 0.432 e. The zero-order valence-electron chi connectivity index (χ0n) is 13.5. The summed E-state index contributed by atoms with van der Waals surface area (Å²) in [7, 11) is 0. The minimum absolute atomic E-state index is 0.0477. The molecule has 1 saturated heterocycles. The smallest absolute Gasteiger partial charge is 0.387 e. The first-order chi connectivity index (χ1) is 12.4. The van der Waals surface area contributed by atoms with Crippen molar-refractivity contribution in [3.8, 4) is 5.75 Å². The molecule has 0 radical (unpaired) electrons. The van der Waals surface area contributed by atoms with Crippen LogP contribution in [0.15, 0.2) is 29.3 Å². The number of carbonyl (C=O) groups is 1. The molecular formula is C15H16F3N5O3. The number of urea groups is 1. The van der Waals surface area contributed by atoms with Crippen molar-refractivity contribution < 1.29 is 22.7 Å². The molecule has 1 aliphatic rings. The van der Waals surface area contributed by atoms with E-state index in [2.05, 4.69) is 20.3 Å². The van der Waals surface area contributed by atoms with Crippen molar-refractivity contribution in [2.45, 2.75) is 25.5 Å². The summed E-state index contributed by atoms with van der Waals surface area (Å²) < 4.78 is 43.4. The van der Waals surface area contributed by atoms with E-state index in [9.17, 15) is 22.8 Å². The minimum Gasteiger partial charge on any atom is -0.432 e. The van der Waals surface area contributed by atoms with Gasteiger partial charge in [0.25, 0.3) is 0 Å². The van der Waals surface area contributed by atoms with E-state index in [4.69, 9.17) is 0 Å². The first kappa shape index (κ1) is 17.8. The third-order valence-corrected chi connectivity index (χ3v) is 4.12. The monoisotopic (exact) mass is 371 g/mol. The molecule has 140 valence electrons. The number of ether oxygens (including phenoxy) is 1. The molecule has 2 aromatic rings. The molecule has 1 aliphatic heterocycles. The zero-order chi connectivity index (χ0) is 18.7. The molecular weight excluding hydrogens is 355 g/mol. The summed E-state index contributed by atoms with van der Waals surface area (Å²) in [6.07, 6.45) is 2.57. The number of anilines is 1. The van der Waals surface area contributed by atoms with Gasteiger partial charge in [-0.1, -0.05) is 0 Å². The number of rotatable bonds is 4. The van der Waals surface area contributed by atoms with Crippen molar-refractivity contribution in [1.82, 2.24) is 19.7 Å². The molecule has 0 aliphatic carbocycles. The third-order valence-electron chi connectivity index (χ3n) is 4.12. The molecule has 3 rings (SSSR count). The molecule has 26 heavy (non-hydrogen) atoms. The molecule has 0 atom stereocenters. The number of hydrogen-bond acceptors (Lipinski definition) is 4. The Labute approximate surface area is 145 Å². The average molecular weight is 371 g/mol. The van der Waals surface area contributed by atoms with Gasteiger partial charge in [0.2, 0.25) is 0 Å². The second-order valence-electron chi connectivity index (χ2n) is 5.74. The van der Waals surface area contributed by atoms with E-state index in [0.717, 1.165) is 12.1 Å². The number of amides is 2. The Morgan fingerprint density at radius 3 is 2.65 bits per heavy atom. The van der Waals surface area contributed by atoms with Crippen molar-refractivity contribution in [3.63, 3.8) is 0 Å². The number of nitrogens with one attached hydrogen (secondary N) is 2. The minimum atomic E-state index is -3.13. The summed E-state index contributed by atoms with van der Waals surface area (Å²) >= 11 is 0. The van der Waals surface area contributed by atoms with Crippen molar-refractivity contribution in [2.24, 2.45) is 0 Å². The predicted molar refractivity (Wildman–Crippen MR) is 84.7 cm³/mol. The third kappa shape index (κ3) is 3.98. The van der Waals surface area contributed by atoms with Crippen LogP contribution in [0.4, 0.5) is 23.7 Å². The Morgan fingerprint density at radius 1 is 1.35 bits per heavy atom. The molecule has 1 aromatic carbocycles. The van der Waals surface area contributed by atoms with Crippen LogP contribution < -0.4 is 15.7 Å². The normalized spacial score (nSPS) is 15.3. The number of aromatic amines is 1. The molecule has 0 saturated carbocycles. The van der Waals surface area contributed by atoms with Gasteiger partial charge < -0.3 is 15.0 Å². The van der Waals surface area contributed by atoms with Crippen LogP contribution in [-0.4, -0.2) is 45.4 Å². The quantitative estimate of drug-likeness (QED) is 0.862. The summed E-state index contributed by atoms with van der Waals surface area (Å²) in [5.74, 6) is -1.59. The Bertz CT molecular complexity index is 830. The standard InChI is InChI=1S/C15H16F3N5O3/c16-11-7-9(1-2-12(11)26-13(17)18)20-14(24)22-5-3-10(4-6-22)23-8-19-21-15(23)25/h1-2,7-8,10,13H,3-6H2,(H,20,24)(H,21,25). The van der Waals surface area contributed by atoms with E-state index < -0.39 is 24.2 Å². The Hall–Kier alpha value is -2.98. The Morgan fingerprint density at radius 2 is 2.08 bits per heavy atom. The van der Waals surface area contributed by atoms with Crippen LogP contribution in [0.2, 0.25) is 0 Å². The molecule has 2 N–H and O–H groups in total. The van der Waals surface area contributed by atoms with Gasteiger partial charge in [-0.3, -0.25) is 4.57 Å². The van der Waals surface area contributed by atoms with E-state index in [1.807, 2.05) is 0 Å². The number of aromatic nitrogens is 3. The fraction of sp³-hybridized carbons (Fsp3) is 0.400. The highest BCUT2D eigenvalue weighted by atomic mass is 19.3. The Kier molecular flexibility index (Phi) is 5.14. The molecule has 1 fully saturated rings. The second-order valence-corrected chi connectivity index (χ2v) is 5.74. The maximum Gasteiger partial charge on any atom is 0.387 e. The second kappa shape index (κ2) is 7.50. The van der Waals surface area contributed by atoms with E-state index in [0.29, 0.717) is 25.9 Å². The SMILES string of the molecule is O=C(Nc1ccc(OC(F)F)c(F)c1)N1CCC(n2cn[nH]c2=O)CC1. The number of alkyl halides is 2. The predicted octanol–water partition coefficient (Wildman–Crippen LogP) is 2.18. The summed E-state index contributed by atoms with van der Waals surface area (Å²) in [5, 5.41) is 8.52. The maximum absolute atomic E-state index is 13.7. The molecule has 1 aromatic heterocycles. The van der Waals surface area contributed by atoms with E-state index >= 15 is 0 Å². The van der Waals surface area contributed by atoms with E-state index in [-0.39, 0.29) is 17.4 Å². The lowest BCUT2D eigenvalue weighted by Gasteiger charge is -2.32. The van der Waals surface area contributed by atoms with Crippen molar-refractivity contribution in [2.75, 3.05) is 18.4 Å². The number of carbonyl (C=O) groups excluding carboxylic acids is 1. The lowest BCUT2D eigenvalue weighted by molar-refractivity contribution is -0.0521. The zero-order valence-corrected chi connectivity index (χ0v) is 13.5. The van der Waals surface area contributed by atoms with Crippen LogP contribution in [0.1, 0.15) is 18.9 Å². The van der Waals surface area contributed by atoms with Crippen LogP contribution in [0.5, 0.6) is 5.75 Å². The molecule has 0 bridgehead atoms. The highest BCUT2D eigenvalue weighted by Gasteiger charge is 2.25. The van der Waals surface area contributed by atoms with Crippen LogP contribution in [0.3, 0.4) is 0 Å². The van der Waals surface area contributed by atoms with Crippen molar-refractivity contribution >= 4 is 11.7 Å². The van der Waals surface area contributed by atoms with Gasteiger partial charge in [-0.05, 0) is 25.0 Å². The van der Waals surface area contributed by atoms with Crippen molar-refractivity contribution in [1.29, 1.82) is 0 Å². The van der Waals surface area contributed by atoms with Gasteiger partial charge in [-0.2, -0.15) is 13.9 Å². The van der Waals surface area contributed by atoms with Gasteiger partial charge >= 0.3 is 18.3 Å². The lowest BCUT2D eigenvalue weighted by atomic mass is 10.1. The molecule has 0 spiro atoms. The van der Waals surface area contributed by atoms with E-state index in [1.54, 1.807) is 0 Å². The topological polar surface area (TPSA) is 92.2 Å². The van der Waals surface area contributed by atoms with Gasteiger partial charge in [-0.25, -0.2) is 19.1 Å². The number of likely N-dealkylation sites (tertiary alicyclic amines) is 1. The van der Waals surface area contributed by atoms with Gasteiger partial charge in [0.15, 0.2) is 11.6 Å². The lowest BCUT2D eigenvalue weighted by Crippen LogP contribution is -2.42. The number of halogens is 3. The van der Waals surface area contributed by atoms with Gasteiger partial charge in [0.05, 0.1) is 0 Å². The number of benzene rings is 1. The number of H-pyrrole nitrogens is 1. The summed E-state index contributed by atoms with van der Waals surface area (Å²) in [6, 6.07) is 2.72. The molecule has 2 heterocycles.